The maximum atomic E-state index is 11.4. The summed E-state index contributed by atoms with van der Waals surface area (Å²) in [6.07, 6.45) is 0. The van der Waals surface area contributed by atoms with Crippen molar-refractivity contribution in [2.45, 2.75) is 78.6 Å². The zero-order valence-corrected chi connectivity index (χ0v) is 28.4. The third-order valence-corrected chi connectivity index (χ3v) is 8.35. The summed E-state index contributed by atoms with van der Waals surface area (Å²) in [6.45, 7) is 20.1. The Morgan fingerprint density at radius 3 is 1.29 bits per heavy atom. The molecule has 1 N–H and O–H groups in total. The summed E-state index contributed by atoms with van der Waals surface area (Å²) < 4.78 is 0. The number of phenolic OH excluding ortho intramolecular Hbond substituents is 1. The van der Waals surface area contributed by atoms with Gasteiger partial charge in [0, 0.05) is 34.9 Å². The quantitative estimate of drug-likeness (QED) is 0.211. The molecule has 0 aliphatic carbocycles. The van der Waals surface area contributed by atoms with Gasteiger partial charge in [-0.3, -0.25) is 0 Å². The van der Waals surface area contributed by atoms with Crippen molar-refractivity contribution in [1.82, 2.24) is 0 Å². The summed E-state index contributed by atoms with van der Waals surface area (Å²) in [5.41, 5.74) is 9.74. The third kappa shape index (κ3) is 7.09. The topological polar surface area (TPSA) is 26.7 Å². The second kappa shape index (κ2) is 12.1. The lowest BCUT2D eigenvalue weighted by atomic mass is 9.85. The van der Waals surface area contributed by atoms with Crippen LogP contribution in [0.3, 0.4) is 0 Å². The molecule has 5 aromatic rings. The minimum atomic E-state index is -0.0844. The van der Waals surface area contributed by atoms with Gasteiger partial charge in [0.15, 0.2) is 0 Å². The molecule has 0 heterocycles. The Bertz CT molecular complexity index is 1680. The van der Waals surface area contributed by atoms with E-state index in [-0.39, 0.29) is 22.0 Å². The van der Waals surface area contributed by atoms with E-state index in [4.69, 9.17) is 0 Å². The molecule has 0 saturated heterocycles. The Morgan fingerprint density at radius 1 is 0.400 bits per heavy atom. The van der Waals surface area contributed by atoms with E-state index in [9.17, 15) is 5.11 Å². The summed E-state index contributed by atoms with van der Waals surface area (Å²) in [5.74, 6) is 0.208. The lowest BCUT2D eigenvalue weighted by Crippen LogP contribution is -2.19. The van der Waals surface area contributed by atoms with E-state index >= 15 is 0 Å². The van der Waals surface area contributed by atoms with Gasteiger partial charge in [0.05, 0.1) is 11.4 Å². The van der Waals surface area contributed by atoms with Gasteiger partial charge in [-0.2, -0.15) is 0 Å². The highest BCUT2D eigenvalue weighted by atomic mass is 16.3. The molecule has 45 heavy (non-hydrogen) atoms. The Balaban J connectivity index is 1.73. The molecule has 0 aliphatic rings. The molecule has 5 rings (SSSR count). The molecule has 0 aliphatic heterocycles. The summed E-state index contributed by atoms with van der Waals surface area (Å²) in [5, 5.41) is 11.4. The van der Waals surface area contributed by atoms with Crippen LogP contribution in [-0.2, 0) is 16.2 Å². The predicted octanol–water partition coefficient (Wildman–Crippen LogP) is 12.2. The van der Waals surface area contributed by atoms with Crippen molar-refractivity contribution < 1.29 is 5.11 Å². The van der Waals surface area contributed by atoms with Crippen LogP contribution in [0.25, 0.3) is 0 Å². The van der Waals surface area contributed by atoms with Crippen LogP contribution in [0.1, 0.15) is 79.0 Å². The van der Waals surface area contributed by atoms with E-state index in [0.717, 1.165) is 34.1 Å². The zero-order valence-electron chi connectivity index (χ0n) is 28.4. The molecule has 0 aromatic heterocycles. The van der Waals surface area contributed by atoms with E-state index in [1.54, 1.807) is 0 Å². The molecular weight excluding hydrogens is 548 g/mol. The molecule has 3 nitrogen and oxygen atoms in total. The molecular formula is C42H48N2O. The molecule has 0 bridgehead atoms. The summed E-state index contributed by atoms with van der Waals surface area (Å²) >= 11 is 0. The average Bonchev–Trinajstić information content (AvgIpc) is 2.97. The van der Waals surface area contributed by atoms with Gasteiger partial charge in [-0.25, -0.2) is 0 Å². The van der Waals surface area contributed by atoms with E-state index in [1.165, 1.54) is 16.7 Å². The van der Waals surface area contributed by atoms with Crippen LogP contribution >= 0.6 is 0 Å². The number of hydrogen-bond donors (Lipinski definition) is 1. The largest absolute Gasteiger partial charge is 0.508 e. The Kier molecular flexibility index (Phi) is 8.60. The van der Waals surface area contributed by atoms with Crippen LogP contribution < -0.4 is 9.80 Å². The lowest BCUT2D eigenvalue weighted by Gasteiger charge is -2.33. The van der Waals surface area contributed by atoms with E-state index in [2.05, 4.69) is 175 Å². The average molecular weight is 597 g/mol. The van der Waals surface area contributed by atoms with E-state index in [1.807, 2.05) is 18.2 Å². The van der Waals surface area contributed by atoms with Gasteiger partial charge in [-0.05, 0) is 81.5 Å². The highest BCUT2D eigenvalue weighted by Crippen LogP contribution is 2.45. The van der Waals surface area contributed by atoms with Crippen molar-refractivity contribution in [3.8, 4) is 5.75 Å². The van der Waals surface area contributed by atoms with Gasteiger partial charge in [0.2, 0.25) is 0 Å². The molecule has 5 aromatic carbocycles. The number of hydrogen-bond acceptors (Lipinski definition) is 3. The first kappa shape index (κ1) is 31.9. The maximum absolute atomic E-state index is 11.4. The van der Waals surface area contributed by atoms with Gasteiger partial charge in [0.25, 0.3) is 0 Å². The molecule has 232 valence electrons. The third-order valence-electron chi connectivity index (χ3n) is 8.35. The number of benzene rings is 5. The van der Waals surface area contributed by atoms with Crippen molar-refractivity contribution in [2.24, 2.45) is 0 Å². The Labute approximate surface area is 270 Å². The predicted molar refractivity (Wildman–Crippen MR) is 194 cm³/mol. The number of para-hydroxylation sites is 2. The van der Waals surface area contributed by atoms with Crippen LogP contribution in [0.5, 0.6) is 5.75 Å². The standard InChI is InChI=1S/C42H48N2O/c1-40(2,3)30-19-23-33(24-20-30)43(34-25-21-31(22-26-34)41(4,5)6)35-27-36(29-37(45)28-35)44(32-15-11-10-12-16-32)39-18-14-13-17-38(39)42(7,8)9/h10-29,45H,1-9H3. The van der Waals surface area contributed by atoms with Crippen molar-refractivity contribution >= 4 is 34.1 Å². The van der Waals surface area contributed by atoms with Gasteiger partial charge in [-0.15, -0.1) is 0 Å². The van der Waals surface area contributed by atoms with Crippen molar-refractivity contribution in [1.29, 1.82) is 0 Å². The van der Waals surface area contributed by atoms with E-state index < -0.39 is 0 Å². The van der Waals surface area contributed by atoms with Crippen LogP contribution in [0.4, 0.5) is 34.1 Å². The van der Waals surface area contributed by atoms with Crippen molar-refractivity contribution in [3.05, 3.63) is 138 Å². The molecule has 0 fully saturated rings. The molecule has 0 atom stereocenters. The maximum Gasteiger partial charge on any atom is 0.119 e. The zero-order chi connectivity index (χ0) is 32.6. The molecule has 0 amide bonds. The SMILES string of the molecule is CC(C)(C)c1ccc(N(c2ccc(C(C)(C)C)cc2)c2cc(O)cc(N(c3ccccc3)c3ccccc3C(C)(C)C)c2)cc1. The summed E-state index contributed by atoms with van der Waals surface area (Å²) in [4.78, 5) is 4.49. The molecule has 0 unspecified atom stereocenters. The second-order valence-electron chi connectivity index (χ2n) is 15.1. The van der Waals surface area contributed by atoms with Crippen molar-refractivity contribution in [2.75, 3.05) is 9.80 Å². The molecule has 0 radical (unpaired) electrons. The monoisotopic (exact) mass is 596 g/mol. The fourth-order valence-corrected chi connectivity index (χ4v) is 5.81. The number of anilines is 6. The van der Waals surface area contributed by atoms with Crippen LogP contribution in [0.15, 0.2) is 121 Å². The first-order valence-corrected chi connectivity index (χ1v) is 15.9. The first-order chi connectivity index (χ1) is 21.1. The number of aromatic hydroxyl groups is 1. The normalized spacial score (nSPS) is 12.2. The molecule has 0 spiro atoms. The van der Waals surface area contributed by atoms with Crippen molar-refractivity contribution in [3.63, 3.8) is 0 Å². The van der Waals surface area contributed by atoms with Crippen LogP contribution in [0, 0.1) is 0 Å². The molecule has 0 saturated carbocycles. The number of phenols is 1. The Morgan fingerprint density at radius 2 is 0.822 bits per heavy atom. The summed E-state index contributed by atoms with van der Waals surface area (Å²) in [7, 11) is 0. The first-order valence-electron chi connectivity index (χ1n) is 15.9. The lowest BCUT2D eigenvalue weighted by molar-refractivity contribution is 0.475. The van der Waals surface area contributed by atoms with Gasteiger partial charge in [-0.1, -0.05) is 123 Å². The smallest absolute Gasteiger partial charge is 0.119 e. The highest BCUT2D eigenvalue weighted by Gasteiger charge is 2.25. The number of rotatable bonds is 6. The van der Waals surface area contributed by atoms with Crippen LogP contribution in [0.2, 0.25) is 0 Å². The van der Waals surface area contributed by atoms with Gasteiger partial charge < -0.3 is 14.9 Å². The number of nitrogens with zero attached hydrogens (tertiary/aromatic N) is 2. The van der Waals surface area contributed by atoms with Gasteiger partial charge >= 0.3 is 0 Å². The fraction of sp³-hybridized carbons (Fsp3) is 0.286. The second-order valence-corrected chi connectivity index (χ2v) is 15.1. The minimum Gasteiger partial charge on any atom is -0.508 e. The Hall–Kier alpha value is -4.50. The van der Waals surface area contributed by atoms with Gasteiger partial charge in [0.1, 0.15) is 5.75 Å². The summed E-state index contributed by atoms with van der Waals surface area (Å²) in [6, 6.07) is 42.5. The van der Waals surface area contributed by atoms with Crippen LogP contribution in [-0.4, -0.2) is 5.11 Å². The molecule has 3 heteroatoms. The minimum absolute atomic E-state index is 0.0481. The fourth-order valence-electron chi connectivity index (χ4n) is 5.81. The van der Waals surface area contributed by atoms with E-state index in [0.29, 0.717) is 0 Å². The highest BCUT2D eigenvalue weighted by molar-refractivity contribution is 5.85.